The van der Waals surface area contributed by atoms with Gasteiger partial charge in [0.25, 0.3) is 0 Å². The maximum atomic E-state index is 2.36. The lowest BCUT2D eigenvalue weighted by molar-refractivity contribution is 1.19. The van der Waals surface area contributed by atoms with Crippen molar-refractivity contribution in [2.45, 2.75) is 20.8 Å². The lowest BCUT2D eigenvalue weighted by Gasteiger charge is -2.37. The highest BCUT2D eigenvalue weighted by Crippen LogP contribution is 2.21. The third-order valence-electron chi connectivity index (χ3n) is 5.06. The van der Waals surface area contributed by atoms with Gasteiger partial charge in [0.1, 0.15) is 0 Å². The number of rotatable bonds is 5. The Bertz CT molecular complexity index is 793. The molecule has 0 radical (unpaired) electrons. The van der Waals surface area contributed by atoms with E-state index >= 15 is 0 Å². The molecule has 0 atom stereocenters. The van der Waals surface area contributed by atoms with Crippen molar-refractivity contribution < 1.29 is 0 Å². The summed E-state index contributed by atoms with van der Waals surface area (Å²) in [5.74, 6) is 0. The zero-order valence-electron chi connectivity index (χ0n) is 16.4. The minimum Gasteiger partial charge on any atom is -0.395 e. The fourth-order valence-electron chi connectivity index (χ4n) is 3.85. The van der Waals surface area contributed by atoms with E-state index in [4.69, 9.17) is 0 Å². The molecular formula is C23H27BN2. The number of para-hydroxylation sites is 2. The molecule has 3 aromatic rings. The van der Waals surface area contributed by atoms with Gasteiger partial charge in [0.2, 0.25) is 0 Å². The number of aryl methyl sites for hydroxylation is 3. The standard InChI is InChI=1S/C23H27BN2/c1-18-16-19(2)23(20(3)17-18)24(25(4)21-12-8-6-9-13-21)26(5)22-14-10-7-11-15-22/h6-17H,1-5H3. The maximum absolute atomic E-state index is 2.36. The van der Waals surface area contributed by atoms with Crippen LogP contribution in [0.3, 0.4) is 0 Å². The van der Waals surface area contributed by atoms with Gasteiger partial charge < -0.3 is 9.62 Å². The van der Waals surface area contributed by atoms with Gasteiger partial charge in [0.05, 0.1) is 0 Å². The highest BCUT2D eigenvalue weighted by Gasteiger charge is 2.32. The van der Waals surface area contributed by atoms with Crippen molar-refractivity contribution in [3.05, 3.63) is 89.5 Å². The summed E-state index contributed by atoms with van der Waals surface area (Å²) in [4.78, 5) is 4.72. The van der Waals surface area contributed by atoms with Gasteiger partial charge in [-0.05, 0) is 64.6 Å². The van der Waals surface area contributed by atoms with Gasteiger partial charge in [-0.25, -0.2) is 0 Å². The quantitative estimate of drug-likeness (QED) is 0.626. The van der Waals surface area contributed by atoms with Crippen molar-refractivity contribution >= 4 is 23.8 Å². The highest BCUT2D eigenvalue weighted by atomic mass is 15.2. The van der Waals surface area contributed by atoms with Gasteiger partial charge in [0.15, 0.2) is 0 Å². The number of nitrogens with zero attached hydrogens (tertiary/aromatic N) is 2. The summed E-state index contributed by atoms with van der Waals surface area (Å²) in [7, 11) is 4.36. The molecule has 0 N–H and O–H groups in total. The SMILES string of the molecule is Cc1cc(C)c(B(N(C)c2ccccc2)N(C)c2ccccc2)c(C)c1. The molecule has 2 nitrogen and oxygen atoms in total. The summed E-state index contributed by atoms with van der Waals surface area (Å²) >= 11 is 0. The summed E-state index contributed by atoms with van der Waals surface area (Å²) < 4.78 is 0. The Morgan fingerprint density at radius 2 is 1.00 bits per heavy atom. The number of hydrogen-bond donors (Lipinski definition) is 0. The molecule has 0 amide bonds. The fraction of sp³-hybridized carbons (Fsp3) is 0.217. The van der Waals surface area contributed by atoms with Crippen LogP contribution in [0.25, 0.3) is 0 Å². The smallest absolute Gasteiger partial charge is 0.395 e. The van der Waals surface area contributed by atoms with E-state index in [1.54, 1.807) is 0 Å². The van der Waals surface area contributed by atoms with Crippen molar-refractivity contribution in [2.75, 3.05) is 23.7 Å². The van der Waals surface area contributed by atoms with Crippen LogP contribution in [0.5, 0.6) is 0 Å². The minimum atomic E-state index is 0.111. The summed E-state index contributed by atoms with van der Waals surface area (Å²) in [5, 5.41) is 0. The minimum absolute atomic E-state index is 0.111. The zero-order valence-corrected chi connectivity index (χ0v) is 16.4. The first-order chi connectivity index (χ1) is 12.5. The van der Waals surface area contributed by atoms with Gasteiger partial charge in [-0.3, -0.25) is 0 Å². The predicted molar refractivity (Wildman–Crippen MR) is 116 cm³/mol. The second-order valence-electron chi connectivity index (χ2n) is 7.08. The molecule has 3 aromatic carbocycles. The van der Waals surface area contributed by atoms with E-state index in [9.17, 15) is 0 Å². The lowest BCUT2D eigenvalue weighted by Crippen LogP contribution is -2.59. The largest absolute Gasteiger partial charge is 0.411 e. The second-order valence-corrected chi connectivity index (χ2v) is 7.08. The average molecular weight is 342 g/mol. The van der Waals surface area contributed by atoms with Gasteiger partial charge in [-0.2, -0.15) is 0 Å². The van der Waals surface area contributed by atoms with E-state index < -0.39 is 0 Å². The molecule has 132 valence electrons. The Morgan fingerprint density at radius 3 is 1.38 bits per heavy atom. The molecule has 3 heteroatoms. The molecule has 0 aliphatic heterocycles. The van der Waals surface area contributed by atoms with Crippen molar-refractivity contribution in [3.63, 3.8) is 0 Å². The molecule has 0 aromatic heterocycles. The fourth-order valence-corrected chi connectivity index (χ4v) is 3.85. The Kier molecular flexibility index (Phi) is 5.36. The molecule has 0 saturated carbocycles. The molecule has 0 unspecified atom stereocenters. The first-order valence-electron chi connectivity index (χ1n) is 9.12. The summed E-state index contributed by atoms with van der Waals surface area (Å²) in [5.41, 5.74) is 7.76. The monoisotopic (exact) mass is 342 g/mol. The first-order valence-corrected chi connectivity index (χ1v) is 9.12. The van der Waals surface area contributed by atoms with Crippen LogP contribution >= 0.6 is 0 Å². The zero-order chi connectivity index (χ0) is 18.7. The third kappa shape index (κ3) is 3.62. The summed E-state index contributed by atoms with van der Waals surface area (Å²) in [6.45, 7) is 6.72. The summed E-state index contributed by atoms with van der Waals surface area (Å²) in [6, 6.07) is 25.8. The Hall–Kier alpha value is -2.68. The van der Waals surface area contributed by atoms with E-state index in [0.717, 1.165) is 0 Å². The molecule has 0 aliphatic rings. The summed E-state index contributed by atoms with van der Waals surface area (Å²) in [6.07, 6.45) is 0. The predicted octanol–water partition coefficient (Wildman–Crippen LogP) is 4.58. The van der Waals surface area contributed by atoms with Crippen LogP contribution in [-0.2, 0) is 0 Å². The first kappa shape index (κ1) is 18.1. The molecule has 0 bridgehead atoms. The molecular weight excluding hydrogens is 315 g/mol. The van der Waals surface area contributed by atoms with Crippen LogP contribution in [0.15, 0.2) is 72.8 Å². The molecule has 0 fully saturated rings. The van der Waals surface area contributed by atoms with Crippen molar-refractivity contribution in [1.82, 2.24) is 0 Å². The molecule has 0 saturated heterocycles. The van der Waals surface area contributed by atoms with Crippen LogP contribution in [0.1, 0.15) is 16.7 Å². The van der Waals surface area contributed by atoms with E-state index in [2.05, 4.69) is 117 Å². The molecule has 0 heterocycles. The number of benzene rings is 3. The lowest BCUT2D eigenvalue weighted by atomic mass is 9.60. The van der Waals surface area contributed by atoms with Crippen LogP contribution in [0.2, 0.25) is 0 Å². The van der Waals surface area contributed by atoms with Gasteiger partial charge in [0, 0.05) is 11.4 Å². The van der Waals surface area contributed by atoms with Crippen LogP contribution < -0.4 is 15.1 Å². The second kappa shape index (κ2) is 7.69. The van der Waals surface area contributed by atoms with Crippen LogP contribution in [-0.4, -0.2) is 21.1 Å². The van der Waals surface area contributed by atoms with Crippen LogP contribution in [0.4, 0.5) is 11.4 Å². The number of hydrogen-bond acceptors (Lipinski definition) is 2. The Balaban J connectivity index is 2.14. The third-order valence-corrected chi connectivity index (χ3v) is 5.06. The normalized spacial score (nSPS) is 10.5. The van der Waals surface area contributed by atoms with Crippen LogP contribution in [0, 0.1) is 20.8 Å². The van der Waals surface area contributed by atoms with Gasteiger partial charge in [-0.15, -0.1) is 0 Å². The van der Waals surface area contributed by atoms with E-state index in [0.29, 0.717) is 0 Å². The van der Waals surface area contributed by atoms with Crippen molar-refractivity contribution in [2.24, 2.45) is 0 Å². The van der Waals surface area contributed by atoms with E-state index in [-0.39, 0.29) is 6.98 Å². The van der Waals surface area contributed by atoms with E-state index in [1.807, 2.05) is 0 Å². The van der Waals surface area contributed by atoms with Crippen molar-refractivity contribution in [3.8, 4) is 0 Å². The average Bonchev–Trinajstić information content (AvgIpc) is 2.65. The van der Waals surface area contributed by atoms with E-state index in [1.165, 1.54) is 33.5 Å². The maximum Gasteiger partial charge on any atom is 0.411 e. The topological polar surface area (TPSA) is 6.48 Å². The molecule has 0 aliphatic carbocycles. The highest BCUT2D eigenvalue weighted by molar-refractivity contribution is 6.80. The molecule has 0 spiro atoms. The molecule has 26 heavy (non-hydrogen) atoms. The Morgan fingerprint density at radius 1 is 0.615 bits per heavy atom. The van der Waals surface area contributed by atoms with Gasteiger partial charge >= 0.3 is 6.98 Å². The molecule has 3 rings (SSSR count). The van der Waals surface area contributed by atoms with Crippen molar-refractivity contribution in [1.29, 1.82) is 0 Å². The Labute approximate surface area is 158 Å². The number of anilines is 2. The van der Waals surface area contributed by atoms with Gasteiger partial charge in [-0.1, -0.05) is 65.2 Å².